The van der Waals surface area contributed by atoms with Crippen LogP contribution in [-0.4, -0.2) is 30.6 Å². The molecule has 0 saturated heterocycles. The molecule has 1 aromatic heterocycles. The van der Waals surface area contributed by atoms with Crippen molar-refractivity contribution in [2.45, 2.75) is 6.92 Å². The van der Waals surface area contributed by atoms with Crippen molar-refractivity contribution >= 4 is 22.5 Å². The third kappa shape index (κ3) is 3.39. The SMILES string of the molecule is C=C(C)COCCNC(=O)c1c[nH]c2cc(N)ccc12. The van der Waals surface area contributed by atoms with Gasteiger partial charge in [-0.1, -0.05) is 12.2 Å². The number of hydrogen-bond acceptors (Lipinski definition) is 3. The van der Waals surface area contributed by atoms with Crippen LogP contribution in [0.3, 0.4) is 0 Å². The van der Waals surface area contributed by atoms with Gasteiger partial charge in [-0.2, -0.15) is 0 Å². The van der Waals surface area contributed by atoms with E-state index in [-0.39, 0.29) is 5.91 Å². The van der Waals surface area contributed by atoms with Crippen LogP contribution in [-0.2, 0) is 4.74 Å². The van der Waals surface area contributed by atoms with Crippen molar-refractivity contribution in [3.05, 3.63) is 42.1 Å². The third-order valence-corrected chi connectivity index (χ3v) is 2.83. The van der Waals surface area contributed by atoms with Crippen molar-refractivity contribution in [2.75, 3.05) is 25.5 Å². The van der Waals surface area contributed by atoms with Gasteiger partial charge in [0.05, 0.1) is 18.8 Å². The van der Waals surface area contributed by atoms with E-state index >= 15 is 0 Å². The Hall–Kier alpha value is -2.27. The van der Waals surface area contributed by atoms with Crippen molar-refractivity contribution in [3.8, 4) is 0 Å². The summed E-state index contributed by atoms with van der Waals surface area (Å²) >= 11 is 0. The number of nitrogens with one attached hydrogen (secondary N) is 2. The number of hydrogen-bond donors (Lipinski definition) is 3. The number of carbonyl (C=O) groups excluding carboxylic acids is 1. The number of amides is 1. The average molecular weight is 273 g/mol. The highest BCUT2D eigenvalue weighted by atomic mass is 16.5. The Morgan fingerprint density at radius 1 is 1.50 bits per heavy atom. The van der Waals surface area contributed by atoms with Gasteiger partial charge in [0, 0.05) is 29.3 Å². The van der Waals surface area contributed by atoms with E-state index in [9.17, 15) is 4.79 Å². The Kier molecular flexibility index (Phi) is 4.42. The van der Waals surface area contributed by atoms with Gasteiger partial charge in [-0.15, -0.1) is 0 Å². The molecule has 0 unspecified atom stereocenters. The fourth-order valence-corrected chi connectivity index (χ4v) is 1.91. The molecule has 1 heterocycles. The first-order chi connectivity index (χ1) is 9.58. The molecule has 0 fully saturated rings. The number of fused-ring (bicyclic) bond motifs is 1. The summed E-state index contributed by atoms with van der Waals surface area (Å²) < 4.78 is 5.33. The molecular formula is C15H19N3O2. The molecule has 1 aromatic carbocycles. The molecule has 1 amide bonds. The van der Waals surface area contributed by atoms with Crippen LogP contribution in [0.1, 0.15) is 17.3 Å². The summed E-state index contributed by atoms with van der Waals surface area (Å²) in [6.07, 6.45) is 1.69. The van der Waals surface area contributed by atoms with E-state index in [2.05, 4.69) is 16.9 Å². The van der Waals surface area contributed by atoms with Crippen molar-refractivity contribution in [2.24, 2.45) is 0 Å². The molecular weight excluding hydrogens is 254 g/mol. The molecule has 5 nitrogen and oxygen atoms in total. The predicted molar refractivity (Wildman–Crippen MR) is 80.7 cm³/mol. The lowest BCUT2D eigenvalue weighted by molar-refractivity contribution is 0.0928. The van der Waals surface area contributed by atoms with E-state index in [1.54, 1.807) is 12.3 Å². The van der Waals surface area contributed by atoms with E-state index in [0.717, 1.165) is 16.5 Å². The molecule has 20 heavy (non-hydrogen) atoms. The Balaban J connectivity index is 1.93. The second kappa shape index (κ2) is 6.25. The summed E-state index contributed by atoms with van der Waals surface area (Å²) in [5.74, 6) is -0.125. The number of rotatable bonds is 6. The number of aromatic amines is 1. The van der Waals surface area contributed by atoms with Crippen LogP contribution in [0.2, 0.25) is 0 Å². The highest BCUT2D eigenvalue weighted by Crippen LogP contribution is 2.20. The zero-order chi connectivity index (χ0) is 14.5. The molecule has 106 valence electrons. The Morgan fingerprint density at radius 3 is 3.05 bits per heavy atom. The third-order valence-electron chi connectivity index (χ3n) is 2.83. The zero-order valence-corrected chi connectivity index (χ0v) is 11.5. The fourth-order valence-electron chi connectivity index (χ4n) is 1.91. The summed E-state index contributed by atoms with van der Waals surface area (Å²) in [7, 11) is 0. The number of H-pyrrole nitrogens is 1. The van der Waals surface area contributed by atoms with Crippen LogP contribution in [0.15, 0.2) is 36.5 Å². The maximum Gasteiger partial charge on any atom is 0.253 e. The van der Waals surface area contributed by atoms with E-state index in [0.29, 0.717) is 31.0 Å². The first kappa shape index (κ1) is 14.1. The summed E-state index contributed by atoms with van der Waals surface area (Å²) in [6, 6.07) is 5.43. The monoisotopic (exact) mass is 273 g/mol. The predicted octanol–water partition coefficient (Wildman–Crippen LogP) is 2.07. The van der Waals surface area contributed by atoms with Crippen molar-refractivity contribution in [1.29, 1.82) is 0 Å². The normalized spacial score (nSPS) is 10.7. The van der Waals surface area contributed by atoms with Gasteiger partial charge in [-0.3, -0.25) is 4.79 Å². The van der Waals surface area contributed by atoms with Gasteiger partial charge in [0.2, 0.25) is 0 Å². The van der Waals surface area contributed by atoms with Crippen LogP contribution >= 0.6 is 0 Å². The average Bonchev–Trinajstić information content (AvgIpc) is 2.80. The number of carbonyl (C=O) groups is 1. The molecule has 0 saturated carbocycles. The molecule has 0 bridgehead atoms. The first-order valence-electron chi connectivity index (χ1n) is 6.45. The fraction of sp³-hybridized carbons (Fsp3) is 0.267. The molecule has 0 radical (unpaired) electrons. The van der Waals surface area contributed by atoms with Gasteiger partial charge in [0.15, 0.2) is 0 Å². The molecule has 4 N–H and O–H groups in total. The minimum Gasteiger partial charge on any atom is -0.399 e. The van der Waals surface area contributed by atoms with Crippen molar-refractivity contribution < 1.29 is 9.53 Å². The second-order valence-electron chi connectivity index (χ2n) is 4.77. The van der Waals surface area contributed by atoms with Gasteiger partial charge in [0.25, 0.3) is 5.91 Å². The van der Waals surface area contributed by atoms with Crippen molar-refractivity contribution in [1.82, 2.24) is 10.3 Å². The number of nitrogen functional groups attached to an aromatic ring is 1. The minimum absolute atomic E-state index is 0.125. The number of aromatic nitrogens is 1. The Bertz CT molecular complexity index is 631. The van der Waals surface area contributed by atoms with Crippen LogP contribution in [0.4, 0.5) is 5.69 Å². The maximum atomic E-state index is 12.1. The van der Waals surface area contributed by atoms with Crippen molar-refractivity contribution in [3.63, 3.8) is 0 Å². The Morgan fingerprint density at radius 2 is 2.30 bits per heavy atom. The maximum absolute atomic E-state index is 12.1. The number of benzene rings is 1. The standard InChI is InChI=1S/C15H19N3O2/c1-10(2)9-20-6-5-17-15(19)13-8-18-14-7-11(16)3-4-12(13)14/h3-4,7-8,18H,1,5-6,9,16H2,2H3,(H,17,19). The number of anilines is 1. The molecule has 0 aliphatic rings. The number of nitrogens with two attached hydrogens (primary N) is 1. The highest BCUT2D eigenvalue weighted by molar-refractivity contribution is 6.07. The summed E-state index contributed by atoms with van der Waals surface area (Å²) in [4.78, 5) is 15.1. The molecule has 0 aliphatic heterocycles. The molecule has 2 aromatic rings. The zero-order valence-electron chi connectivity index (χ0n) is 11.5. The topological polar surface area (TPSA) is 80.1 Å². The quantitative estimate of drug-likeness (QED) is 0.428. The van der Waals surface area contributed by atoms with Gasteiger partial charge in [-0.25, -0.2) is 0 Å². The lowest BCUT2D eigenvalue weighted by Crippen LogP contribution is -2.27. The summed E-state index contributed by atoms with van der Waals surface area (Å²) in [6.45, 7) is 7.09. The van der Waals surface area contributed by atoms with Crippen LogP contribution in [0.25, 0.3) is 10.9 Å². The summed E-state index contributed by atoms with van der Waals surface area (Å²) in [5, 5.41) is 3.68. The minimum atomic E-state index is -0.125. The van der Waals surface area contributed by atoms with Gasteiger partial charge in [0.1, 0.15) is 0 Å². The van der Waals surface area contributed by atoms with Crippen LogP contribution < -0.4 is 11.1 Å². The Labute approximate surface area is 117 Å². The van der Waals surface area contributed by atoms with Crippen LogP contribution in [0, 0.1) is 0 Å². The lowest BCUT2D eigenvalue weighted by atomic mass is 10.1. The van der Waals surface area contributed by atoms with E-state index in [1.165, 1.54) is 0 Å². The first-order valence-corrected chi connectivity index (χ1v) is 6.45. The van der Waals surface area contributed by atoms with E-state index < -0.39 is 0 Å². The molecule has 2 rings (SSSR count). The largest absolute Gasteiger partial charge is 0.399 e. The molecule has 0 spiro atoms. The molecule has 5 heteroatoms. The molecule has 0 aliphatic carbocycles. The van der Waals surface area contributed by atoms with Gasteiger partial charge >= 0.3 is 0 Å². The number of ether oxygens (including phenoxy) is 1. The molecule has 0 atom stereocenters. The smallest absolute Gasteiger partial charge is 0.253 e. The highest BCUT2D eigenvalue weighted by Gasteiger charge is 2.11. The second-order valence-corrected chi connectivity index (χ2v) is 4.77. The van der Waals surface area contributed by atoms with Crippen LogP contribution in [0.5, 0.6) is 0 Å². The van der Waals surface area contributed by atoms with Gasteiger partial charge in [-0.05, 0) is 25.1 Å². The van der Waals surface area contributed by atoms with Gasteiger partial charge < -0.3 is 20.8 Å². The lowest BCUT2D eigenvalue weighted by Gasteiger charge is -2.05. The van der Waals surface area contributed by atoms with E-state index in [1.807, 2.05) is 19.1 Å². The summed E-state index contributed by atoms with van der Waals surface area (Å²) in [5.41, 5.74) is 8.80. The van der Waals surface area contributed by atoms with E-state index in [4.69, 9.17) is 10.5 Å².